The number of anilines is 1. The molecule has 0 spiro atoms. The van der Waals surface area contributed by atoms with Gasteiger partial charge in [0.1, 0.15) is 13.2 Å². The lowest BCUT2D eigenvalue weighted by molar-refractivity contribution is -0.121. The van der Waals surface area contributed by atoms with Crippen molar-refractivity contribution in [2.75, 3.05) is 38.4 Å². The fraction of sp³-hybridized carbons (Fsp3) is 0.250. The lowest BCUT2D eigenvalue weighted by Gasteiger charge is -2.23. The van der Waals surface area contributed by atoms with Crippen molar-refractivity contribution in [3.05, 3.63) is 60.2 Å². The normalized spacial score (nSPS) is 12.3. The minimum Gasteiger partial charge on any atom is -0.493 e. The average molecular weight is 421 g/mol. The number of rotatable bonds is 6. The highest BCUT2D eigenvalue weighted by Gasteiger charge is 2.23. The van der Waals surface area contributed by atoms with Crippen LogP contribution in [0.15, 0.2) is 54.6 Å². The summed E-state index contributed by atoms with van der Waals surface area (Å²) in [6.45, 7) is 2.73. The highest BCUT2D eigenvalue weighted by molar-refractivity contribution is 6.04. The van der Waals surface area contributed by atoms with Crippen LogP contribution in [-0.2, 0) is 9.53 Å². The van der Waals surface area contributed by atoms with Crippen molar-refractivity contribution in [2.24, 2.45) is 0 Å². The highest BCUT2D eigenvalue weighted by Crippen LogP contribution is 2.40. The zero-order valence-corrected chi connectivity index (χ0v) is 17.4. The number of benzene rings is 3. The highest BCUT2D eigenvalue weighted by atomic mass is 16.6. The Morgan fingerprint density at radius 2 is 1.81 bits per heavy atom. The average Bonchev–Trinajstić information content (AvgIpc) is 2.82. The third-order valence-corrected chi connectivity index (χ3v) is 5.07. The van der Waals surface area contributed by atoms with Gasteiger partial charge in [0.25, 0.3) is 5.91 Å². The van der Waals surface area contributed by atoms with E-state index in [2.05, 4.69) is 0 Å². The molecule has 0 saturated heterocycles. The Balaban J connectivity index is 1.50. The molecule has 1 amide bonds. The van der Waals surface area contributed by atoms with E-state index >= 15 is 0 Å². The molecule has 3 aromatic carbocycles. The predicted octanol–water partition coefficient (Wildman–Crippen LogP) is 3.83. The summed E-state index contributed by atoms with van der Waals surface area (Å²) in [4.78, 5) is 27.1. The van der Waals surface area contributed by atoms with Gasteiger partial charge < -0.3 is 23.8 Å². The molecule has 0 saturated carbocycles. The Morgan fingerprint density at radius 1 is 1.03 bits per heavy atom. The van der Waals surface area contributed by atoms with Crippen LogP contribution < -0.4 is 19.1 Å². The summed E-state index contributed by atoms with van der Waals surface area (Å²) in [6, 6.07) is 16.7. The smallest absolute Gasteiger partial charge is 0.338 e. The number of amides is 1. The molecule has 1 aliphatic heterocycles. The van der Waals surface area contributed by atoms with Crippen LogP contribution in [0.4, 0.5) is 5.69 Å². The Labute approximate surface area is 180 Å². The van der Waals surface area contributed by atoms with Crippen molar-refractivity contribution in [3.8, 4) is 17.2 Å². The standard InChI is InChI=1S/C24H23NO6/c1-3-25(19-10-6-8-16-7-4-5-9-18(16)19)22(26)15-31-24(27)17-13-20(28-2)23-21(14-17)29-11-12-30-23/h4-10,13-14H,3,11-12,15H2,1-2H3. The number of ether oxygens (including phenoxy) is 4. The van der Waals surface area contributed by atoms with Gasteiger partial charge in [0.05, 0.1) is 18.4 Å². The monoisotopic (exact) mass is 421 g/mol. The van der Waals surface area contributed by atoms with Crippen molar-refractivity contribution in [1.82, 2.24) is 0 Å². The Bertz CT molecular complexity index is 1100. The minimum atomic E-state index is -0.641. The second kappa shape index (κ2) is 8.95. The second-order valence-electron chi connectivity index (χ2n) is 6.92. The second-order valence-corrected chi connectivity index (χ2v) is 6.92. The largest absolute Gasteiger partial charge is 0.493 e. The van der Waals surface area contributed by atoms with Gasteiger partial charge in [0.15, 0.2) is 18.1 Å². The van der Waals surface area contributed by atoms with Crippen molar-refractivity contribution in [1.29, 1.82) is 0 Å². The Morgan fingerprint density at radius 3 is 2.61 bits per heavy atom. The lowest BCUT2D eigenvalue weighted by atomic mass is 10.1. The quantitative estimate of drug-likeness (QED) is 0.563. The van der Waals surface area contributed by atoms with Crippen molar-refractivity contribution < 1.29 is 28.5 Å². The van der Waals surface area contributed by atoms with E-state index in [4.69, 9.17) is 18.9 Å². The molecule has 0 unspecified atom stereocenters. The molecule has 160 valence electrons. The number of methoxy groups -OCH3 is 1. The van der Waals surface area contributed by atoms with E-state index in [-0.39, 0.29) is 18.1 Å². The van der Waals surface area contributed by atoms with E-state index in [0.717, 1.165) is 16.5 Å². The number of esters is 1. The molecular weight excluding hydrogens is 398 g/mol. The van der Waals surface area contributed by atoms with Gasteiger partial charge in [-0.2, -0.15) is 0 Å². The maximum Gasteiger partial charge on any atom is 0.338 e. The van der Waals surface area contributed by atoms with Crippen molar-refractivity contribution in [2.45, 2.75) is 6.92 Å². The van der Waals surface area contributed by atoms with Crippen LogP contribution in [0.5, 0.6) is 17.2 Å². The van der Waals surface area contributed by atoms with Crippen LogP contribution in [0, 0.1) is 0 Å². The fourth-order valence-electron chi connectivity index (χ4n) is 3.60. The summed E-state index contributed by atoms with van der Waals surface area (Å²) in [6.07, 6.45) is 0. The molecule has 1 heterocycles. The van der Waals surface area contributed by atoms with Gasteiger partial charge in [-0.1, -0.05) is 36.4 Å². The van der Waals surface area contributed by atoms with Crippen LogP contribution in [0.25, 0.3) is 10.8 Å². The summed E-state index contributed by atoms with van der Waals surface area (Å²) >= 11 is 0. The van der Waals surface area contributed by atoms with Crippen LogP contribution in [-0.4, -0.2) is 45.4 Å². The first kappa shape index (κ1) is 20.5. The van der Waals surface area contributed by atoms with E-state index in [9.17, 15) is 9.59 Å². The first-order chi connectivity index (χ1) is 15.1. The summed E-state index contributed by atoms with van der Waals surface area (Å²) in [7, 11) is 1.48. The molecule has 1 aliphatic rings. The Hall–Kier alpha value is -3.74. The van der Waals surface area contributed by atoms with Crippen molar-refractivity contribution >= 4 is 28.3 Å². The van der Waals surface area contributed by atoms with Crippen LogP contribution in [0.2, 0.25) is 0 Å². The van der Waals surface area contributed by atoms with Gasteiger partial charge >= 0.3 is 5.97 Å². The van der Waals surface area contributed by atoms with E-state index in [1.165, 1.54) is 19.2 Å². The summed E-state index contributed by atoms with van der Waals surface area (Å²) < 4.78 is 21.7. The summed E-state index contributed by atoms with van der Waals surface area (Å²) in [5, 5.41) is 2.00. The van der Waals surface area contributed by atoms with Crippen molar-refractivity contribution in [3.63, 3.8) is 0 Å². The number of hydrogen-bond donors (Lipinski definition) is 0. The number of nitrogens with zero attached hydrogens (tertiary/aromatic N) is 1. The topological polar surface area (TPSA) is 74.3 Å². The third kappa shape index (κ3) is 4.12. The van der Waals surface area contributed by atoms with Gasteiger partial charge in [-0.05, 0) is 30.5 Å². The number of likely N-dealkylation sites (N-methyl/N-ethyl adjacent to an activating group) is 1. The Kier molecular flexibility index (Phi) is 5.93. The minimum absolute atomic E-state index is 0.224. The molecule has 31 heavy (non-hydrogen) atoms. The number of hydrogen-bond acceptors (Lipinski definition) is 6. The SMILES string of the molecule is CCN(C(=O)COC(=O)c1cc(OC)c2c(c1)OCCO2)c1cccc2ccccc12. The van der Waals surface area contributed by atoms with Gasteiger partial charge in [0, 0.05) is 11.9 Å². The maximum absolute atomic E-state index is 12.9. The van der Waals surface area contributed by atoms with Crippen LogP contribution in [0.3, 0.4) is 0 Å². The maximum atomic E-state index is 12.9. The molecule has 0 N–H and O–H groups in total. The molecule has 3 aromatic rings. The van der Waals surface area contributed by atoms with Gasteiger partial charge in [-0.25, -0.2) is 4.79 Å². The molecule has 7 heteroatoms. The van der Waals surface area contributed by atoms with Gasteiger partial charge in [0.2, 0.25) is 5.75 Å². The summed E-state index contributed by atoms with van der Waals surface area (Å²) in [5.74, 6) is 0.292. The molecule has 0 bridgehead atoms. The molecule has 4 rings (SSSR count). The number of carbonyl (C=O) groups excluding carboxylic acids is 2. The zero-order valence-electron chi connectivity index (χ0n) is 17.4. The molecule has 0 atom stereocenters. The van der Waals surface area contributed by atoms with Crippen LogP contribution >= 0.6 is 0 Å². The third-order valence-electron chi connectivity index (χ3n) is 5.07. The molecular formula is C24H23NO6. The fourth-order valence-corrected chi connectivity index (χ4v) is 3.60. The number of carbonyl (C=O) groups is 2. The predicted molar refractivity (Wildman–Crippen MR) is 116 cm³/mol. The molecule has 0 aromatic heterocycles. The zero-order chi connectivity index (χ0) is 21.8. The summed E-state index contributed by atoms with van der Waals surface area (Å²) in [5.41, 5.74) is 1.00. The molecule has 0 radical (unpaired) electrons. The lowest BCUT2D eigenvalue weighted by Crippen LogP contribution is -2.34. The van der Waals surface area contributed by atoms with Gasteiger partial charge in [-0.15, -0.1) is 0 Å². The molecule has 0 aliphatic carbocycles. The first-order valence-electron chi connectivity index (χ1n) is 10.0. The molecule has 7 nitrogen and oxygen atoms in total. The van der Waals surface area contributed by atoms with Gasteiger partial charge in [-0.3, -0.25) is 4.79 Å². The van der Waals surface area contributed by atoms with E-state index < -0.39 is 5.97 Å². The first-order valence-corrected chi connectivity index (χ1v) is 10.0. The van der Waals surface area contributed by atoms with Crippen LogP contribution in [0.1, 0.15) is 17.3 Å². The van der Waals surface area contributed by atoms with E-state index in [1.54, 1.807) is 4.90 Å². The van der Waals surface area contributed by atoms with E-state index in [1.807, 2.05) is 49.4 Å². The molecule has 0 fully saturated rings. The van der Waals surface area contributed by atoms with E-state index in [0.29, 0.717) is 37.0 Å². The number of fused-ring (bicyclic) bond motifs is 2.